The molecule has 1 saturated heterocycles. The molecule has 2 heterocycles. The summed E-state index contributed by atoms with van der Waals surface area (Å²) in [6.45, 7) is 4.76. The molecule has 1 aliphatic heterocycles. The highest BCUT2D eigenvalue weighted by atomic mass is 32.2. The van der Waals surface area contributed by atoms with E-state index in [0.717, 1.165) is 23.7 Å². The molecule has 0 bridgehead atoms. The number of hydrogen-bond donors (Lipinski definition) is 0. The van der Waals surface area contributed by atoms with E-state index < -0.39 is 6.04 Å². The summed E-state index contributed by atoms with van der Waals surface area (Å²) in [5.41, 5.74) is 3.46. The number of hydrogen-bond acceptors (Lipinski definition) is 5. The van der Waals surface area contributed by atoms with E-state index in [0.29, 0.717) is 13.0 Å². The SMILES string of the molecule is COC(=O)C1CCCCN1C(=O)CSc1nccn1-c1cccc(C)c1C. The molecule has 1 aliphatic rings. The van der Waals surface area contributed by atoms with E-state index in [-0.39, 0.29) is 17.6 Å². The summed E-state index contributed by atoms with van der Waals surface area (Å²) in [7, 11) is 1.37. The Bertz CT molecular complexity index is 834. The molecule has 6 nitrogen and oxygen atoms in total. The van der Waals surface area contributed by atoms with Crippen molar-refractivity contribution in [3.8, 4) is 5.69 Å². The number of piperidine rings is 1. The van der Waals surface area contributed by atoms with Crippen molar-refractivity contribution >= 4 is 23.6 Å². The van der Waals surface area contributed by atoms with E-state index in [1.807, 2.05) is 22.9 Å². The van der Waals surface area contributed by atoms with Crippen LogP contribution in [0.1, 0.15) is 30.4 Å². The number of carbonyl (C=O) groups excluding carboxylic acids is 2. The summed E-state index contributed by atoms with van der Waals surface area (Å²) in [6.07, 6.45) is 6.18. The van der Waals surface area contributed by atoms with Crippen LogP contribution < -0.4 is 0 Å². The third-order valence-electron chi connectivity index (χ3n) is 5.06. The fourth-order valence-electron chi connectivity index (χ4n) is 3.40. The van der Waals surface area contributed by atoms with Gasteiger partial charge in [-0.3, -0.25) is 9.36 Å². The van der Waals surface area contributed by atoms with Crippen molar-refractivity contribution in [3.05, 3.63) is 41.7 Å². The van der Waals surface area contributed by atoms with Crippen molar-refractivity contribution in [1.82, 2.24) is 14.5 Å². The van der Waals surface area contributed by atoms with Crippen LogP contribution in [-0.4, -0.2) is 51.8 Å². The van der Waals surface area contributed by atoms with Gasteiger partial charge in [0.2, 0.25) is 5.91 Å². The Balaban J connectivity index is 1.72. The van der Waals surface area contributed by atoms with Gasteiger partial charge >= 0.3 is 5.97 Å². The van der Waals surface area contributed by atoms with Crippen molar-refractivity contribution in [3.63, 3.8) is 0 Å². The lowest BCUT2D eigenvalue weighted by molar-refractivity contribution is -0.153. The van der Waals surface area contributed by atoms with Gasteiger partial charge < -0.3 is 9.64 Å². The summed E-state index contributed by atoms with van der Waals surface area (Å²) in [4.78, 5) is 30.8. The second-order valence-electron chi connectivity index (χ2n) is 6.71. The van der Waals surface area contributed by atoms with Crippen LogP contribution in [0.2, 0.25) is 0 Å². The quantitative estimate of drug-likeness (QED) is 0.583. The van der Waals surface area contributed by atoms with Crippen molar-refractivity contribution in [2.24, 2.45) is 0 Å². The van der Waals surface area contributed by atoms with Crippen molar-refractivity contribution in [2.75, 3.05) is 19.4 Å². The molecular formula is C20H25N3O3S. The Kier molecular flexibility index (Phi) is 6.21. The van der Waals surface area contributed by atoms with Gasteiger partial charge in [-0.25, -0.2) is 9.78 Å². The molecule has 0 spiro atoms. The minimum Gasteiger partial charge on any atom is -0.467 e. The number of aryl methyl sites for hydroxylation is 1. The zero-order chi connectivity index (χ0) is 19.4. The first-order valence-corrected chi connectivity index (χ1v) is 10.1. The van der Waals surface area contributed by atoms with Gasteiger partial charge in [0, 0.05) is 18.9 Å². The van der Waals surface area contributed by atoms with E-state index in [1.165, 1.54) is 30.0 Å². The minimum absolute atomic E-state index is 0.0504. The molecule has 3 rings (SSSR count). The van der Waals surface area contributed by atoms with Crippen LogP contribution in [0.5, 0.6) is 0 Å². The first kappa shape index (κ1) is 19.5. The number of esters is 1. The molecule has 0 radical (unpaired) electrons. The van der Waals surface area contributed by atoms with Crippen LogP contribution in [-0.2, 0) is 14.3 Å². The molecule has 1 aromatic carbocycles. The zero-order valence-electron chi connectivity index (χ0n) is 16.0. The number of methoxy groups -OCH3 is 1. The average molecular weight is 388 g/mol. The number of nitrogens with zero attached hydrogens (tertiary/aromatic N) is 3. The lowest BCUT2D eigenvalue weighted by Crippen LogP contribution is -2.49. The Morgan fingerprint density at radius 1 is 1.30 bits per heavy atom. The van der Waals surface area contributed by atoms with Crippen LogP contribution in [0, 0.1) is 13.8 Å². The number of rotatable bonds is 5. The van der Waals surface area contributed by atoms with Gasteiger partial charge in [-0.1, -0.05) is 23.9 Å². The van der Waals surface area contributed by atoms with Crippen LogP contribution in [0.4, 0.5) is 0 Å². The van der Waals surface area contributed by atoms with E-state index in [9.17, 15) is 9.59 Å². The standard InChI is InChI=1S/C20H25N3O3S/c1-14-7-6-9-16(15(14)2)23-12-10-21-20(23)27-13-18(24)22-11-5-4-8-17(22)19(25)26-3/h6-7,9-10,12,17H,4-5,8,11,13H2,1-3H3. The molecule has 7 heteroatoms. The normalized spacial score (nSPS) is 17.0. The fraction of sp³-hybridized carbons (Fsp3) is 0.450. The van der Waals surface area contributed by atoms with Crippen LogP contribution in [0.15, 0.2) is 35.7 Å². The lowest BCUT2D eigenvalue weighted by atomic mass is 10.0. The highest BCUT2D eigenvalue weighted by Gasteiger charge is 2.32. The number of imidazole rings is 1. The fourth-order valence-corrected chi connectivity index (χ4v) is 4.25. The monoisotopic (exact) mass is 387 g/mol. The molecule has 0 N–H and O–H groups in total. The number of benzene rings is 1. The number of aromatic nitrogens is 2. The number of carbonyl (C=O) groups is 2. The number of amides is 1. The van der Waals surface area contributed by atoms with Crippen LogP contribution >= 0.6 is 11.8 Å². The predicted octanol–water partition coefficient (Wildman–Crippen LogP) is 3.14. The van der Waals surface area contributed by atoms with Gasteiger partial charge in [0.25, 0.3) is 0 Å². The number of ether oxygens (including phenoxy) is 1. The third-order valence-corrected chi connectivity index (χ3v) is 6.02. The lowest BCUT2D eigenvalue weighted by Gasteiger charge is -2.33. The van der Waals surface area contributed by atoms with E-state index in [4.69, 9.17) is 4.74 Å². The maximum atomic E-state index is 12.8. The van der Waals surface area contributed by atoms with Crippen molar-refractivity contribution < 1.29 is 14.3 Å². The summed E-state index contributed by atoms with van der Waals surface area (Å²) in [5.74, 6) is -0.134. The van der Waals surface area contributed by atoms with Crippen molar-refractivity contribution in [1.29, 1.82) is 0 Å². The highest BCUT2D eigenvalue weighted by molar-refractivity contribution is 7.99. The Morgan fingerprint density at radius 2 is 2.11 bits per heavy atom. The zero-order valence-corrected chi connectivity index (χ0v) is 16.8. The second kappa shape index (κ2) is 8.61. The number of thioether (sulfide) groups is 1. The van der Waals surface area contributed by atoms with Crippen molar-refractivity contribution in [2.45, 2.75) is 44.3 Å². The summed E-state index contributed by atoms with van der Waals surface area (Å²) in [5, 5.41) is 0.767. The molecule has 0 aliphatic carbocycles. The molecule has 0 saturated carbocycles. The van der Waals surface area contributed by atoms with Gasteiger partial charge in [0.05, 0.1) is 18.6 Å². The minimum atomic E-state index is -0.462. The van der Waals surface area contributed by atoms with Crippen LogP contribution in [0.3, 0.4) is 0 Å². The van der Waals surface area contributed by atoms with Gasteiger partial charge in [-0.15, -0.1) is 0 Å². The molecule has 1 aromatic heterocycles. The smallest absolute Gasteiger partial charge is 0.328 e. The largest absolute Gasteiger partial charge is 0.467 e. The van der Waals surface area contributed by atoms with Gasteiger partial charge in [0.1, 0.15) is 6.04 Å². The molecule has 1 amide bonds. The average Bonchev–Trinajstić information content (AvgIpc) is 3.16. The molecule has 1 atom stereocenters. The molecule has 1 unspecified atom stereocenters. The topological polar surface area (TPSA) is 64.4 Å². The first-order chi connectivity index (χ1) is 13.0. The second-order valence-corrected chi connectivity index (χ2v) is 7.65. The van der Waals surface area contributed by atoms with E-state index in [1.54, 1.807) is 11.1 Å². The van der Waals surface area contributed by atoms with Gasteiger partial charge in [0.15, 0.2) is 5.16 Å². The van der Waals surface area contributed by atoms with E-state index in [2.05, 4.69) is 24.9 Å². The maximum absolute atomic E-state index is 12.8. The van der Waals surface area contributed by atoms with Gasteiger partial charge in [-0.2, -0.15) is 0 Å². The summed E-state index contributed by atoms with van der Waals surface area (Å²) in [6, 6.07) is 5.69. The Morgan fingerprint density at radius 3 is 2.89 bits per heavy atom. The Labute approximate surface area is 163 Å². The number of likely N-dealkylation sites (tertiary alicyclic amines) is 1. The maximum Gasteiger partial charge on any atom is 0.328 e. The predicted molar refractivity (Wildman–Crippen MR) is 105 cm³/mol. The van der Waals surface area contributed by atoms with E-state index >= 15 is 0 Å². The summed E-state index contributed by atoms with van der Waals surface area (Å²) >= 11 is 1.39. The summed E-state index contributed by atoms with van der Waals surface area (Å²) < 4.78 is 6.87. The molecule has 27 heavy (non-hydrogen) atoms. The molecular weight excluding hydrogens is 362 g/mol. The van der Waals surface area contributed by atoms with Gasteiger partial charge in [-0.05, 0) is 50.3 Å². The molecule has 2 aromatic rings. The first-order valence-electron chi connectivity index (χ1n) is 9.13. The Hall–Kier alpha value is -2.28. The molecule has 1 fully saturated rings. The molecule has 144 valence electrons. The third kappa shape index (κ3) is 4.18. The highest BCUT2D eigenvalue weighted by Crippen LogP contribution is 2.26. The van der Waals surface area contributed by atoms with Crippen LogP contribution in [0.25, 0.3) is 5.69 Å².